The average Bonchev–Trinajstić information content (AvgIpc) is 3.10. The summed E-state index contributed by atoms with van der Waals surface area (Å²) in [6.45, 7) is 0.384. The molecule has 1 fully saturated rings. The third-order valence-corrected chi connectivity index (χ3v) is 5.39. The van der Waals surface area contributed by atoms with Crippen LogP contribution < -0.4 is 20.1 Å². The monoisotopic (exact) mass is 346 g/mol. The zero-order valence-corrected chi connectivity index (χ0v) is 13.8. The minimum absolute atomic E-state index is 0.189. The highest BCUT2D eigenvalue weighted by molar-refractivity contribution is 7.10. The number of carbonyl (C=O) groups excluding carboxylic acids is 1. The molecule has 1 aromatic heterocycles. The maximum Gasteiger partial charge on any atom is 0.319 e. The molecule has 3 N–H and O–H groups in total. The number of amides is 2. The van der Waals surface area contributed by atoms with Crippen LogP contribution in [0.15, 0.2) is 35.7 Å². The SMILES string of the molecule is O=C(NC[C@](O)(c1cccs1)C1CC1)Nc1ccc2c(c1)OCO2. The van der Waals surface area contributed by atoms with E-state index in [1.165, 1.54) is 11.3 Å². The second kappa shape index (κ2) is 5.99. The molecule has 1 atom stereocenters. The smallest absolute Gasteiger partial charge is 0.319 e. The highest BCUT2D eigenvalue weighted by atomic mass is 32.1. The van der Waals surface area contributed by atoms with Gasteiger partial charge in [-0.3, -0.25) is 0 Å². The predicted molar refractivity (Wildman–Crippen MR) is 90.5 cm³/mol. The van der Waals surface area contributed by atoms with E-state index < -0.39 is 5.60 Å². The second-order valence-corrected chi connectivity index (χ2v) is 7.00. The Kier molecular flexibility index (Phi) is 3.82. The Morgan fingerprint density at radius 1 is 1.29 bits per heavy atom. The van der Waals surface area contributed by atoms with Gasteiger partial charge in [0, 0.05) is 16.6 Å². The molecule has 0 spiro atoms. The summed E-state index contributed by atoms with van der Waals surface area (Å²) in [7, 11) is 0. The lowest BCUT2D eigenvalue weighted by atomic mass is 9.96. The highest BCUT2D eigenvalue weighted by Gasteiger charge is 2.45. The largest absolute Gasteiger partial charge is 0.454 e. The maximum atomic E-state index is 12.2. The number of hydrogen-bond donors (Lipinski definition) is 3. The van der Waals surface area contributed by atoms with Gasteiger partial charge in [0.15, 0.2) is 11.5 Å². The van der Waals surface area contributed by atoms with Crippen molar-refractivity contribution in [1.82, 2.24) is 5.32 Å². The molecule has 2 aliphatic rings. The van der Waals surface area contributed by atoms with Crippen molar-refractivity contribution in [2.75, 3.05) is 18.7 Å². The lowest BCUT2D eigenvalue weighted by molar-refractivity contribution is 0.0200. The van der Waals surface area contributed by atoms with Gasteiger partial charge >= 0.3 is 6.03 Å². The predicted octanol–water partition coefficient (Wildman–Crippen LogP) is 2.90. The number of benzene rings is 1. The zero-order chi connectivity index (χ0) is 16.6. The summed E-state index contributed by atoms with van der Waals surface area (Å²) in [4.78, 5) is 13.1. The first-order valence-electron chi connectivity index (χ1n) is 7.86. The van der Waals surface area contributed by atoms with Crippen molar-refractivity contribution in [3.63, 3.8) is 0 Å². The number of hydrogen-bond acceptors (Lipinski definition) is 5. The molecule has 0 bridgehead atoms. The molecular weight excluding hydrogens is 328 g/mol. The number of ether oxygens (including phenoxy) is 2. The van der Waals surface area contributed by atoms with Crippen LogP contribution in [0, 0.1) is 5.92 Å². The van der Waals surface area contributed by atoms with Crippen molar-refractivity contribution >= 4 is 23.1 Å². The fourth-order valence-electron chi connectivity index (χ4n) is 2.88. The molecule has 4 rings (SSSR count). The van der Waals surface area contributed by atoms with Crippen LogP contribution in [-0.2, 0) is 5.60 Å². The molecule has 0 saturated heterocycles. The van der Waals surface area contributed by atoms with Crippen LogP contribution in [0.25, 0.3) is 0 Å². The van der Waals surface area contributed by atoms with Gasteiger partial charge in [-0.05, 0) is 42.3 Å². The molecule has 1 aliphatic heterocycles. The number of anilines is 1. The minimum atomic E-state index is -0.986. The third kappa shape index (κ3) is 2.92. The fraction of sp³-hybridized carbons (Fsp3) is 0.353. The van der Waals surface area contributed by atoms with E-state index in [1.807, 2.05) is 17.5 Å². The van der Waals surface area contributed by atoms with Gasteiger partial charge in [0.2, 0.25) is 6.79 Å². The van der Waals surface area contributed by atoms with Crippen molar-refractivity contribution in [2.45, 2.75) is 18.4 Å². The number of fused-ring (bicyclic) bond motifs is 1. The van der Waals surface area contributed by atoms with E-state index in [-0.39, 0.29) is 25.3 Å². The van der Waals surface area contributed by atoms with E-state index in [0.717, 1.165) is 17.7 Å². The summed E-state index contributed by atoms with van der Waals surface area (Å²) < 4.78 is 10.5. The lowest BCUT2D eigenvalue weighted by Crippen LogP contribution is -2.43. The normalized spacial score (nSPS) is 18.0. The molecule has 2 heterocycles. The minimum Gasteiger partial charge on any atom is -0.454 e. The van der Waals surface area contributed by atoms with Gasteiger partial charge in [0.25, 0.3) is 0 Å². The Hall–Kier alpha value is -2.25. The van der Waals surface area contributed by atoms with Crippen molar-refractivity contribution < 1.29 is 19.4 Å². The molecular formula is C17H18N2O4S. The lowest BCUT2D eigenvalue weighted by Gasteiger charge is -2.27. The van der Waals surface area contributed by atoms with Gasteiger partial charge in [-0.1, -0.05) is 6.07 Å². The Morgan fingerprint density at radius 3 is 2.88 bits per heavy atom. The average molecular weight is 346 g/mol. The second-order valence-electron chi connectivity index (χ2n) is 6.05. The topological polar surface area (TPSA) is 79.8 Å². The molecule has 1 aliphatic carbocycles. The molecule has 24 heavy (non-hydrogen) atoms. The van der Waals surface area contributed by atoms with Gasteiger partial charge in [-0.2, -0.15) is 0 Å². The maximum absolute atomic E-state index is 12.2. The summed E-state index contributed by atoms with van der Waals surface area (Å²) in [5, 5.41) is 18.5. The van der Waals surface area contributed by atoms with E-state index in [4.69, 9.17) is 9.47 Å². The van der Waals surface area contributed by atoms with Crippen LogP contribution in [0.4, 0.5) is 10.5 Å². The van der Waals surface area contributed by atoms with Gasteiger partial charge < -0.3 is 25.2 Å². The van der Waals surface area contributed by atoms with Crippen LogP contribution in [0.1, 0.15) is 17.7 Å². The standard InChI is InChI=1S/C17H18N2O4S/c20-16(19-12-5-6-13-14(8-12)23-10-22-13)18-9-17(21,11-3-4-11)15-2-1-7-24-15/h1-2,5-8,11,21H,3-4,9-10H2,(H2,18,19,20)/t17-/m1/s1. The number of urea groups is 1. The molecule has 2 amide bonds. The summed E-state index contributed by atoms with van der Waals surface area (Å²) >= 11 is 1.52. The molecule has 6 nitrogen and oxygen atoms in total. The molecule has 0 radical (unpaired) electrons. The Bertz CT molecular complexity index is 745. The van der Waals surface area contributed by atoms with Crippen LogP contribution >= 0.6 is 11.3 Å². The van der Waals surface area contributed by atoms with Crippen LogP contribution in [0.3, 0.4) is 0 Å². The van der Waals surface area contributed by atoms with E-state index in [2.05, 4.69) is 10.6 Å². The number of thiophene rings is 1. The Labute approximate surface area is 143 Å². The van der Waals surface area contributed by atoms with Crippen molar-refractivity contribution in [3.05, 3.63) is 40.6 Å². The zero-order valence-electron chi connectivity index (χ0n) is 13.0. The van der Waals surface area contributed by atoms with Crippen molar-refractivity contribution in [2.24, 2.45) is 5.92 Å². The van der Waals surface area contributed by atoms with Gasteiger partial charge in [0.05, 0.1) is 6.54 Å². The van der Waals surface area contributed by atoms with E-state index in [0.29, 0.717) is 17.2 Å². The van der Waals surface area contributed by atoms with E-state index >= 15 is 0 Å². The number of rotatable bonds is 5. The summed E-state index contributed by atoms with van der Waals surface area (Å²) in [6.07, 6.45) is 1.97. The quantitative estimate of drug-likeness (QED) is 0.778. The van der Waals surface area contributed by atoms with Crippen LogP contribution in [0.2, 0.25) is 0 Å². The summed E-state index contributed by atoms with van der Waals surface area (Å²) in [6, 6.07) is 8.70. The summed E-state index contributed by atoms with van der Waals surface area (Å²) in [5.74, 6) is 1.49. The van der Waals surface area contributed by atoms with Crippen LogP contribution in [0.5, 0.6) is 11.5 Å². The summed E-state index contributed by atoms with van der Waals surface area (Å²) in [5.41, 5.74) is -0.372. The molecule has 0 unspecified atom stereocenters. The molecule has 7 heteroatoms. The fourth-order valence-corrected chi connectivity index (χ4v) is 3.79. The molecule has 1 saturated carbocycles. The molecule has 2 aromatic rings. The molecule has 1 aromatic carbocycles. The van der Waals surface area contributed by atoms with E-state index in [1.54, 1.807) is 18.2 Å². The Balaban J connectivity index is 1.39. The van der Waals surface area contributed by atoms with Gasteiger partial charge in [-0.15, -0.1) is 11.3 Å². The first kappa shape index (κ1) is 15.3. The number of aliphatic hydroxyl groups is 1. The van der Waals surface area contributed by atoms with Gasteiger partial charge in [-0.25, -0.2) is 4.79 Å². The first-order chi connectivity index (χ1) is 11.6. The van der Waals surface area contributed by atoms with Crippen molar-refractivity contribution in [3.8, 4) is 11.5 Å². The Morgan fingerprint density at radius 2 is 2.12 bits per heavy atom. The third-order valence-electron chi connectivity index (χ3n) is 4.35. The number of nitrogens with one attached hydrogen (secondary N) is 2. The molecule has 126 valence electrons. The van der Waals surface area contributed by atoms with E-state index in [9.17, 15) is 9.90 Å². The first-order valence-corrected chi connectivity index (χ1v) is 8.74. The van der Waals surface area contributed by atoms with Gasteiger partial charge in [0.1, 0.15) is 5.60 Å². The highest BCUT2D eigenvalue weighted by Crippen LogP contribution is 2.46. The van der Waals surface area contributed by atoms with Crippen LogP contribution in [-0.4, -0.2) is 24.5 Å². The van der Waals surface area contributed by atoms with Crippen molar-refractivity contribution in [1.29, 1.82) is 0 Å². The number of carbonyl (C=O) groups is 1.